The van der Waals surface area contributed by atoms with Crippen molar-refractivity contribution >= 4 is 0 Å². The summed E-state index contributed by atoms with van der Waals surface area (Å²) in [6.45, 7) is 0.559. The predicted molar refractivity (Wildman–Crippen MR) is 78.8 cm³/mol. The van der Waals surface area contributed by atoms with Crippen LogP contribution >= 0.6 is 0 Å². The highest BCUT2D eigenvalue weighted by Gasteiger charge is 2.13. The Labute approximate surface area is 121 Å². The Hall–Kier alpha value is -2.69. The van der Waals surface area contributed by atoms with E-state index in [0.717, 1.165) is 12.8 Å². The van der Waals surface area contributed by atoms with Crippen LogP contribution in [0, 0.1) is 0 Å². The second-order valence-corrected chi connectivity index (χ2v) is 4.73. The molecule has 0 saturated heterocycles. The molecule has 0 aliphatic carbocycles. The highest BCUT2D eigenvalue weighted by atomic mass is 16.5. The van der Waals surface area contributed by atoms with Gasteiger partial charge in [-0.2, -0.15) is 0 Å². The first-order chi connectivity index (χ1) is 10.3. The Morgan fingerprint density at radius 3 is 2.62 bits per heavy atom. The quantitative estimate of drug-likeness (QED) is 0.721. The highest BCUT2D eigenvalue weighted by molar-refractivity contribution is 5.47. The second kappa shape index (κ2) is 6.17. The molecule has 5 nitrogen and oxygen atoms in total. The fourth-order valence-corrected chi connectivity index (χ4v) is 2.23. The third-order valence-corrected chi connectivity index (χ3v) is 3.27. The molecule has 0 N–H and O–H groups in total. The molecular weight excluding hydrogens is 266 g/mol. The lowest BCUT2D eigenvalue weighted by Crippen LogP contribution is -2.16. The van der Waals surface area contributed by atoms with Gasteiger partial charge in [0.15, 0.2) is 0 Å². The Morgan fingerprint density at radius 1 is 1.05 bits per heavy atom. The van der Waals surface area contributed by atoms with Gasteiger partial charge in [-0.05, 0) is 30.5 Å². The average Bonchev–Trinajstić information content (AvgIpc) is 2.91. The number of benzene rings is 1. The Kier molecular flexibility index (Phi) is 3.91. The fraction of sp³-hybridized carbons (Fsp3) is 0.188. The predicted octanol–water partition coefficient (Wildman–Crippen LogP) is 2.53. The number of rotatable bonds is 5. The molecule has 106 valence electrons. The van der Waals surface area contributed by atoms with Crippen LogP contribution in [0.25, 0.3) is 11.5 Å². The molecule has 1 aromatic carbocycles. The number of hydrogen-bond donors (Lipinski definition) is 0. The van der Waals surface area contributed by atoms with E-state index in [9.17, 15) is 4.79 Å². The van der Waals surface area contributed by atoms with Crippen LogP contribution in [0.3, 0.4) is 0 Å². The SMILES string of the molecule is O=c1onc(-c2ccccn2)n1CCCc1ccccc1. The van der Waals surface area contributed by atoms with Crippen LogP contribution in [0.4, 0.5) is 0 Å². The molecule has 0 atom stereocenters. The van der Waals surface area contributed by atoms with Crippen LogP contribution < -0.4 is 5.76 Å². The number of aromatic nitrogens is 3. The smallest absolute Gasteiger partial charge is 0.295 e. The lowest BCUT2D eigenvalue weighted by atomic mass is 10.1. The molecule has 0 aliphatic rings. The molecule has 5 heteroatoms. The summed E-state index contributed by atoms with van der Waals surface area (Å²) in [5.41, 5.74) is 1.89. The third-order valence-electron chi connectivity index (χ3n) is 3.27. The van der Waals surface area contributed by atoms with E-state index in [-0.39, 0.29) is 0 Å². The van der Waals surface area contributed by atoms with Crippen molar-refractivity contribution in [1.82, 2.24) is 14.7 Å². The van der Waals surface area contributed by atoms with Gasteiger partial charge in [-0.25, -0.2) is 4.79 Å². The van der Waals surface area contributed by atoms with E-state index in [4.69, 9.17) is 4.52 Å². The molecule has 2 heterocycles. The number of nitrogens with zero attached hydrogens (tertiary/aromatic N) is 3. The zero-order chi connectivity index (χ0) is 14.5. The Bertz CT molecular complexity index is 748. The van der Waals surface area contributed by atoms with Crippen molar-refractivity contribution in [3.63, 3.8) is 0 Å². The minimum Gasteiger partial charge on any atom is -0.295 e. The minimum absolute atomic E-state index is 0.441. The molecule has 2 aromatic heterocycles. The largest absolute Gasteiger partial charge is 0.441 e. The van der Waals surface area contributed by atoms with Crippen molar-refractivity contribution in [2.75, 3.05) is 0 Å². The summed E-state index contributed by atoms with van der Waals surface area (Å²) in [5, 5.41) is 3.82. The Morgan fingerprint density at radius 2 is 1.86 bits per heavy atom. The summed E-state index contributed by atoms with van der Waals surface area (Å²) >= 11 is 0. The van der Waals surface area contributed by atoms with E-state index < -0.39 is 5.76 Å². The summed E-state index contributed by atoms with van der Waals surface area (Å²) in [6, 6.07) is 15.7. The van der Waals surface area contributed by atoms with E-state index in [1.54, 1.807) is 6.20 Å². The number of aryl methyl sites for hydroxylation is 1. The monoisotopic (exact) mass is 281 g/mol. The third kappa shape index (κ3) is 3.08. The van der Waals surface area contributed by atoms with Crippen LogP contribution in [0.15, 0.2) is 64.0 Å². The lowest BCUT2D eigenvalue weighted by molar-refractivity contribution is 0.375. The molecule has 0 spiro atoms. The van der Waals surface area contributed by atoms with Crippen molar-refractivity contribution in [3.05, 3.63) is 70.8 Å². The van der Waals surface area contributed by atoms with Gasteiger partial charge in [-0.1, -0.05) is 41.6 Å². The van der Waals surface area contributed by atoms with Crippen molar-refractivity contribution in [2.45, 2.75) is 19.4 Å². The van der Waals surface area contributed by atoms with Crippen LogP contribution in [0.5, 0.6) is 0 Å². The van der Waals surface area contributed by atoms with Crippen molar-refractivity contribution < 1.29 is 4.52 Å². The number of pyridine rings is 1. The Balaban J connectivity index is 1.74. The van der Waals surface area contributed by atoms with Gasteiger partial charge in [0.25, 0.3) is 0 Å². The van der Waals surface area contributed by atoms with E-state index in [1.165, 1.54) is 10.1 Å². The van der Waals surface area contributed by atoms with Gasteiger partial charge in [0.05, 0.1) is 0 Å². The van der Waals surface area contributed by atoms with Gasteiger partial charge in [0.1, 0.15) is 5.69 Å². The van der Waals surface area contributed by atoms with Crippen LogP contribution in [0.1, 0.15) is 12.0 Å². The van der Waals surface area contributed by atoms with Gasteiger partial charge >= 0.3 is 5.76 Å². The molecule has 3 aromatic rings. The molecule has 0 unspecified atom stereocenters. The highest BCUT2D eigenvalue weighted by Crippen LogP contribution is 2.13. The minimum atomic E-state index is -0.441. The maximum absolute atomic E-state index is 11.8. The summed E-state index contributed by atoms with van der Waals surface area (Å²) < 4.78 is 6.30. The molecule has 0 saturated carbocycles. The summed E-state index contributed by atoms with van der Waals surface area (Å²) in [7, 11) is 0. The zero-order valence-corrected chi connectivity index (χ0v) is 11.5. The molecular formula is C16H15N3O2. The van der Waals surface area contributed by atoms with E-state index >= 15 is 0 Å². The van der Waals surface area contributed by atoms with Crippen molar-refractivity contribution in [3.8, 4) is 11.5 Å². The standard InChI is InChI=1S/C16H15N3O2/c20-16-19(12-6-9-13-7-2-1-3-8-13)15(18-21-16)14-10-4-5-11-17-14/h1-5,7-8,10-11H,6,9,12H2. The maximum atomic E-state index is 11.8. The molecule has 21 heavy (non-hydrogen) atoms. The van der Waals surface area contributed by atoms with E-state index in [2.05, 4.69) is 22.3 Å². The van der Waals surface area contributed by atoms with Gasteiger partial charge in [0.2, 0.25) is 5.82 Å². The average molecular weight is 281 g/mol. The summed E-state index contributed by atoms with van der Waals surface area (Å²) in [6.07, 6.45) is 3.41. The molecule has 0 fully saturated rings. The van der Waals surface area contributed by atoms with Gasteiger partial charge in [-0.15, -0.1) is 0 Å². The van der Waals surface area contributed by atoms with Crippen molar-refractivity contribution in [2.24, 2.45) is 0 Å². The van der Waals surface area contributed by atoms with Crippen LogP contribution in [-0.4, -0.2) is 14.7 Å². The number of hydrogen-bond acceptors (Lipinski definition) is 4. The van der Waals surface area contributed by atoms with E-state index in [1.807, 2.05) is 36.4 Å². The molecule has 0 bridgehead atoms. The van der Waals surface area contributed by atoms with Crippen molar-refractivity contribution in [1.29, 1.82) is 0 Å². The topological polar surface area (TPSA) is 60.9 Å². The van der Waals surface area contributed by atoms with E-state index in [0.29, 0.717) is 18.1 Å². The van der Waals surface area contributed by atoms with Gasteiger partial charge in [-0.3, -0.25) is 14.1 Å². The first-order valence-corrected chi connectivity index (χ1v) is 6.86. The maximum Gasteiger partial charge on any atom is 0.441 e. The molecule has 0 radical (unpaired) electrons. The molecule has 3 rings (SSSR count). The first-order valence-electron chi connectivity index (χ1n) is 6.86. The summed E-state index contributed by atoms with van der Waals surface area (Å²) in [5.74, 6) is 0.0392. The van der Waals surface area contributed by atoms with Gasteiger partial charge < -0.3 is 0 Å². The normalized spacial score (nSPS) is 10.7. The zero-order valence-electron chi connectivity index (χ0n) is 11.5. The first kappa shape index (κ1) is 13.3. The van der Waals surface area contributed by atoms with Gasteiger partial charge in [0, 0.05) is 12.7 Å². The summed E-state index contributed by atoms with van der Waals surface area (Å²) in [4.78, 5) is 16.0. The second-order valence-electron chi connectivity index (χ2n) is 4.73. The molecule has 0 amide bonds. The molecule has 0 aliphatic heterocycles. The van der Waals surface area contributed by atoms with Crippen LogP contribution in [-0.2, 0) is 13.0 Å². The fourth-order valence-electron chi connectivity index (χ4n) is 2.23. The lowest BCUT2D eigenvalue weighted by Gasteiger charge is -2.04. The van der Waals surface area contributed by atoms with Crippen LogP contribution in [0.2, 0.25) is 0 Å².